The summed E-state index contributed by atoms with van der Waals surface area (Å²) in [4.78, 5) is 11.8. The highest BCUT2D eigenvalue weighted by atomic mass is 32.1. The van der Waals surface area contributed by atoms with E-state index in [1.807, 2.05) is 12.1 Å². The molecule has 0 bridgehead atoms. The molecule has 5 nitrogen and oxygen atoms in total. The van der Waals surface area contributed by atoms with Gasteiger partial charge < -0.3 is 14.8 Å². The molecule has 2 aromatic heterocycles. The Bertz CT molecular complexity index is 892. The summed E-state index contributed by atoms with van der Waals surface area (Å²) in [7, 11) is 3.31. The quantitative estimate of drug-likeness (QED) is 0.632. The Kier molecular flexibility index (Phi) is 5.93. The van der Waals surface area contributed by atoms with Gasteiger partial charge in [0.2, 0.25) is 0 Å². The smallest absolute Gasteiger partial charge is 0.160 e. The summed E-state index contributed by atoms with van der Waals surface area (Å²) < 4.78 is 10.7. The number of thiophene rings is 1. The highest BCUT2D eigenvalue weighted by molar-refractivity contribution is 7.18. The van der Waals surface area contributed by atoms with Gasteiger partial charge in [-0.1, -0.05) is 19.9 Å². The number of rotatable bonds is 8. The van der Waals surface area contributed by atoms with Crippen molar-refractivity contribution in [2.45, 2.75) is 33.1 Å². The van der Waals surface area contributed by atoms with Crippen LogP contribution in [-0.4, -0.2) is 30.7 Å². The van der Waals surface area contributed by atoms with Gasteiger partial charge in [-0.15, -0.1) is 11.3 Å². The van der Waals surface area contributed by atoms with E-state index in [1.54, 1.807) is 25.6 Å². The maximum absolute atomic E-state index is 5.38. The van der Waals surface area contributed by atoms with E-state index in [9.17, 15) is 0 Å². The Hall–Kier alpha value is -2.34. The number of benzene rings is 1. The van der Waals surface area contributed by atoms with Gasteiger partial charge in [-0.3, -0.25) is 0 Å². The lowest BCUT2D eigenvalue weighted by Gasteiger charge is -2.11. The van der Waals surface area contributed by atoms with Crippen LogP contribution in [0, 0.1) is 0 Å². The first-order chi connectivity index (χ1) is 12.7. The van der Waals surface area contributed by atoms with E-state index in [0.717, 1.165) is 59.2 Å². The van der Waals surface area contributed by atoms with Gasteiger partial charge in [0.05, 0.1) is 19.6 Å². The third-order valence-electron chi connectivity index (χ3n) is 4.31. The summed E-state index contributed by atoms with van der Waals surface area (Å²) in [5.74, 6) is 3.33. The fourth-order valence-electron chi connectivity index (χ4n) is 2.84. The maximum atomic E-state index is 5.38. The number of nitrogens with zero attached hydrogens (tertiary/aromatic N) is 2. The first kappa shape index (κ1) is 18.5. The summed E-state index contributed by atoms with van der Waals surface area (Å²) in [5.41, 5.74) is 1.19. The number of aryl methyl sites for hydroxylation is 2. The van der Waals surface area contributed by atoms with E-state index < -0.39 is 0 Å². The monoisotopic (exact) mass is 371 g/mol. The van der Waals surface area contributed by atoms with Crippen LogP contribution in [0.15, 0.2) is 24.3 Å². The molecule has 2 heterocycles. The maximum Gasteiger partial charge on any atom is 0.160 e. The Morgan fingerprint density at radius 3 is 2.50 bits per heavy atom. The van der Waals surface area contributed by atoms with Gasteiger partial charge in [0.1, 0.15) is 16.5 Å². The normalized spacial score (nSPS) is 10.9. The number of methoxy groups -OCH3 is 2. The number of hydrogen-bond donors (Lipinski definition) is 1. The van der Waals surface area contributed by atoms with Crippen molar-refractivity contribution in [1.82, 2.24) is 9.97 Å². The largest absolute Gasteiger partial charge is 0.493 e. The van der Waals surface area contributed by atoms with Gasteiger partial charge in [0, 0.05) is 17.8 Å². The molecule has 1 N–H and O–H groups in total. The van der Waals surface area contributed by atoms with E-state index in [1.165, 1.54) is 10.4 Å². The van der Waals surface area contributed by atoms with E-state index in [2.05, 4.69) is 36.3 Å². The third-order valence-corrected chi connectivity index (χ3v) is 5.48. The minimum absolute atomic E-state index is 0.750. The predicted molar refractivity (Wildman–Crippen MR) is 108 cm³/mol. The van der Waals surface area contributed by atoms with Crippen LogP contribution >= 0.6 is 11.3 Å². The second kappa shape index (κ2) is 8.36. The first-order valence-electron chi connectivity index (χ1n) is 8.92. The Balaban J connectivity index is 1.76. The molecule has 0 unspecified atom stereocenters. The van der Waals surface area contributed by atoms with Crippen molar-refractivity contribution in [3.63, 3.8) is 0 Å². The minimum Gasteiger partial charge on any atom is -0.493 e. The molecular formula is C20H25N3O2S. The van der Waals surface area contributed by atoms with Crippen molar-refractivity contribution in [1.29, 1.82) is 0 Å². The molecule has 0 aliphatic carbocycles. The molecule has 0 atom stereocenters. The third kappa shape index (κ3) is 3.90. The molecule has 3 aromatic rings. The standard InChI is InChI=1S/C20H25N3O2S/c1-5-14-12-15-19(22-18(6-2)23-20(15)26-14)21-10-9-13-7-8-16(24-3)17(11-13)25-4/h7-8,11-12H,5-6,9-10H2,1-4H3,(H,21,22,23). The zero-order valence-corrected chi connectivity index (χ0v) is 16.6. The molecule has 0 spiro atoms. The van der Waals surface area contributed by atoms with Crippen LogP contribution < -0.4 is 14.8 Å². The number of fused-ring (bicyclic) bond motifs is 1. The molecular weight excluding hydrogens is 346 g/mol. The average Bonchev–Trinajstić information content (AvgIpc) is 3.11. The van der Waals surface area contributed by atoms with Crippen molar-refractivity contribution in [2.24, 2.45) is 0 Å². The van der Waals surface area contributed by atoms with Gasteiger partial charge in [0.25, 0.3) is 0 Å². The van der Waals surface area contributed by atoms with Gasteiger partial charge in [-0.2, -0.15) is 0 Å². The zero-order valence-electron chi connectivity index (χ0n) is 15.8. The average molecular weight is 372 g/mol. The molecule has 1 aromatic carbocycles. The van der Waals surface area contributed by atoms with Crippen molar-refractivity contribution in [2.75, 3.05) is 26.1 Å². The highest BCUT2D eigenvalue weighted by Gasteiger charge is 2.11. The number of nitrogens with one attached hydrogen (secondary N) is 1. The summed E-state index contributed by atoms with van der Waals surface area (Å²) >= 11 is 1.76. The van der Waals surface area contributed by atoms with Crippen LogP contribution in [0.1, 0.15) is 30.1 Å². The van der Waals surface area contributed by atoms with E-state index in [4.69, 9.17) is 14.5 Å². The van der Waals surface area contributed by atoms with Gasteiger partial charge >= 0.3 is 0 Å². The fraction of sp³-hybridized carbons (Fsp3) is 0.400. The number of anilines is 1. The summed E-state index contributed by atoms with van der Waals surface area (Å²) in [6, 6.07) is 8.24. The number of ether oxygens (including phenoxy) is 2. The van der Waals surface area contributed by atoms with Crippen molar-refractivity contribution >= 4 is 27.4 Å². The molecule has 138 valence electrons. The Morgan fingerprint density at radius 1 is 1.00 bits per heavy atom. The van der Waals surface area contributed by atoms with Crippen molar-refractivity contribution in [3.8, 4) is 11.5 Å². The Morgan fingerprint density at radius 2 is 1.81 bits per heavy atom. The van der Waals surface area contributed by atoms with Crippen molar-refractivity contribution < 1.29 is 9.47 Å². The highest BCUT2D eigenvalue weighted by Crippen LogP contribution is 2.30. The van der Waals surface area contributed by atoms with Crippen LogP contribution in [0.5, 0.6) is 11.5 Å². The molecule has 0 fully saturated rings. The lowest BCUT2D eigenvalue weighted by atomic mass is 10.1. The van der Waals surface area contributed by atoms with Crippen LogP contribution in [0.3, 0.4) is 0 Å². The fourth-order valence-corrected chi connectivity index (χ4v) is 3.83. The van der Waals surface area contributed by atoms with Crippen LogP contribution in [0.25, 0.3) is 10.2 Å². The number of aromatic nitrogens is 2. The van der Waals surface area contributed by atoms with E-state index >= 15 is 0 Å². The zero-order chi connectivity index (χ0) is 18.5. The molecule has 0 aliphatic heterocycles. The minimum atomic E-state index is 0.750. The lowest BCUT2D eigenvalue weighted by Crippen LogP contribution is -2.08. The SMILES string of the molecule is CCc1nc(NCCc2ccc(OC)c(OC)c2)c2cc(CC)sc2n1. The molecule has 3 rings (SSSR count). The predicted octanol–water partition coefficient (Wildman–Crippen LogP) is 4.49. The van der Waals surface area contributed by atoms with Crippen LogP contribution in [0.4, 0.5) is 5.82 Å². The lowest BCUT2D eigenvalue weighted by molar-refractivity contribution is 0.354. The Labute approximate surface area is 158 Å². The molecule has 26 heavy (non-hydrogen) atoms. The first-order valence-corrected chi connectivity index (χ1v) is 9.74. The second-order valence-corrected chi connectivity index (χ2v) is 7.11. The molecule has 0 amide bonds. The second-order valence-electron chi connectivity index (χ2n) is 5.99. The molecule has 6 heteroatoms. The summed E-state index contributed by atoms with van der Waals surface area (Å²) in [6.45, 7) is 5.05. The van der Waals surface area contributed by atoms with Gasteiger partial charge in [-0.05, 0) is 36.6 Å². The summed E-state index contributed by atoms with van der Waals surface area (Å²) in [6.07, 6.45) is 2.73. The van der Waals surface area contributed by atoms with Crippen molar-refractivity contribution in [3.05, 3.63) is 40.5 Å². The van der Waals surface area contributed by atoms with Gasteiger partial charge in [-0.25, -0.2) is 9.97 Å². The summed E-state index contributed by atoms with van der Waals surface area (Å²) in [5, 5.41) is 4.62. The molecule has 0 saturated carbocycles. The molecule has 0 aliphatic rings. The molecule has 0 saturated heterocycles. The molecule has 0 radical (unpaired) electrons. The van der Waals surface area contributed by atoms with Crippen LogP contribution in [-0.2, 0) is 19.3 Å². The van der Waals surface area contributed by atoms with E-state index in [0.29, 0.717) is 0 Å². The topological polar surface area (TPSA) is 56.3 Å². The van der Waals surface area contributed by atoms with E-state index in [-0.39, 0.29) is 0 Å². The van der Waals surface area contributed by atoms with Gasteiger partial charge in [0.15, 0.2) is 11.5 Å². The van der Waals surface area contributed by atoms with Crippen LogP contribution in [0.2, 0.25) is 0 Å². The number of hydrogen-bond acceptors (Lipinski definition) is 6.